The second kappa shape index (κ2) is 7.67. The summed E-state index contributed by atoms with van der Waals surface area (Å²) in [5.74, 6) is 0.654. The molecule has 1 aliphatic carbocycles. The highest BCUT2D eigenvalue weighted by Gasteiger charge is 2.22. The molecule has 0 radical (unpaired) electrons. The molecule has 3 atom stereocenters. The Hall–Kier alpha value is -0.610. The van der Waals surface area contributed by atoms with Crippen molar-refractivity contribution in [2.45, 2.75) is 57.6 Å². The maximum Gasteiger partial charge on any atom is 0.222 e. The van der Waals surface area contributed by atoms with Crippen LogP contribution in [-0.2, 0) is 9.53 Å². The molecule has 0 aromatic heterocycles. The van der Waals surface area contributed by atoms with Crippen molar-refractivity contribution in [3.8, 4) is 0 Å². The van der Waals surface area contributed by atoms with E-state index in [9.17, 15) is 4.79 Å². The Morgan fingerprint density at radius 2 is 2.12 bits per heavy atom. The van der Waals surface area contributed by atoms with Crippen molar-refractivity contribution in [1.29, 1.82) is 0 Å². The highest BCUT2D eigenvalue weighted by molar-refractivity contribution is 5.76. The van der Waals surface area contributed by atoms with Crippen LogP contribution < -0.4 is 11.1 Å². The van der Waals surface area contributed by atoms with E-state index in [1.807, 2.05) is 0 Å². The monoisotopic (exact) mass is 242 g/mol. The molecular weight excluding hydrogens is 216 g/mol. The van der Waals surface area contributed by atoms with E-state index >= 15 is 0 Å². The fourth-order valence-corrected chi connectivity index (χ4v) is 2.44. The van der Waals surface area contributed by atoms with E-state index in [2.05, 4.69) is 12.2 Å². The summed E-state index contributed by atoms with van der Waals surface area (Å²) in [6, 6.07) is 0.334. The number of ether oxygens (including phenoxy) is 1. The largest absolute Gasteiger partial charge is 0.380 e. The topological polar surface area (TPSA) is 64.3 Å². The van der Waals surface area contributed by atoms with E-state index in [4.69, 9.17) is 10.5 Å². The number of carbonyl (C=O) groups is 1. The van der Waals surface area contributed by atoms with Gasteiger partial charge < -0.3 is 15.8 Å². The average Bonchev–Trinajstić information content (AvgIpc) is 2.52. The van der Waals surface area contributed by atoms with Gasteiger partial charge in [-0.25, -0.2) is 0 Å². The zero-order valence-corrected chi connectivity index (χ0v) is 11.1. The number of methoxy groups -OCH3 is 1. The Morgan fingerprint density at radius 1 is 1.41 bits per heavy atom. The van der Waals surface area contributed by atoms with Gasteiger partial charge in [-0.2, -0.15) is 0 Å². The van der Waals surface area contributed by atoms with Gasteiger partial charge in [0.1, 0.15) is 0 Å². The quantitative estimate of drug-likeness (QED) is 0.717. The molecule has 0 saturated heterocycles. The Balaban J connectivity index is 2.37. The van der Waals surface area contributed by atoms with Crippen LogP contribution in [0.4, 0.5) is 0 Å². The molecule has 1 aliphatic rings. The highest BCUT2D eigenvalue weighted by atomic mass is 16.5. The number of rotatable bonds is 5. The maximum atomic E-state index is 11.9. The molecule has 100 valence electrons. The van der Waals surface area contributed by atoms with Crippen molar-refractivity contribution in [2.75, 3.05) is 13.7 Å². The second-order valence-corrected chi connectivity index (χ2v) is 5.09. The lowest BCUT2D eigenvalue weighted by Gasteiger charge is -2.23. The van der Waals surface area contributed by atoms with Gasteiger partial charge in [0.15, 0.2) is 0 Å². The summed E-state index contributed by atoms with van der Waals surface area (Å²) in [5.41, 5.74) is 5.51. The lowest BCUT2D eigenvalue weighted by atomic mass is 9.97. The summed E-state index contributed by atoms with van der Waals surface area (Å²) in [5, 5.41) is 3.13. The molecule has 1 amide bonds. The minimum Gasteiger partial charge on any atom is -0.380 e. The average molecular weight is 242 g/mol. The first-order chi connectivity index (χ1) is 8.17. The van der Waals surface area contributed by atoms with Gasteiger partial charge in [0.2, 0.25) is 5.91 Å². The van der Waals surface area contributed by atoms with Crippen LogP contribution in [0.5, 0.6) is 0 Å². The Bertz CT molecular complexity index is 229. The van der Waals surface area contributed by atoms with E-state index in [-0.39, 0.29) is 12.0 Å². The van der Waals surface area contributed by atoms with E-state index in [0.717, 1.165) is 6.42 Å². The molecule has 4 heteroatoms. The summed E-state index contributed by atoms with van der Waals surface area (Å²) < 4.78 is 5.12. The number of hydrogen-bond acceptors (Lipinski definition) is 3. The number of carbonyl (C=O) groups excluding carboxylic acids is 1. The van der Waals surface area contributed by atoms with Crippen LogP contribution in [0.25, 0.3) is 0 Å². The summed E-state index contributed by atoms with van der Waals surface area (Å²) in [4.78, 5) is 11.9. The summed E-state index contributed by atoms with van der Waals surface area (Å²) in [6.45, 7) is 2.62. The summed E-state index contributed by atoms with van der Waals surface area (Å²) in [6.07, 6.45) is 6.34. The van der Waals surface area contributed by atoms with Crippen LogP contribution in [0.15, 0.2) is 0 Å². The van der Waals surface area contributed by atoms with E-state index in [0.29, 0.717) is 24.9 Å². The lowest BCUT2D eigenvalue weighted by molar-refractivity contribution is -0.124. The fourth-order valence-electron chi connectivity index (χ4n) is 2.44. The molecule has 0 bridgehead atoms. The van der Waals surface area contributed by atoms with Crippen LogP contribution in [0.1, 0.15) is 45.4 Å². The molecule has 3 N–H and O–H groups in total. The van der Waals surface area contributed by atoms with Crippen molar-refractivity contribution >= 4 is 5.91 Å². The van der Waals surface area contributed by atoms with Gasteiger partial charge in [-0.15, -0.1) is 0 Å². The molecular formula is C13H26N2O2. The number of amides is 1. The van der Waals surface area contributed by atoms with Crippen molar-refractivity contribution < 1.29 is 9.53 Å². The van der Waals surface area contributed by atoms with Crippen LogP contribution in [0.3, 0.4) is 0 Å². The van der Waals surface area contributed by atoms with Crippen molar-refractivity contribution in [2.24, 2.45) is 11.7 Å². The highest BCUT2D eigenvalue weighted by Crippen LogP contribution is 2.23. The summed E-state index contributed by atoms with van der Waals surface area (Å²) in [7, 11) is 1.60. The minimum atomic E-state index is -0.156. The maximum absolute atomic E-state index is 11.9. The molecule has 1 fully saturated rings. The van der Waals surface area contributed by atoms with Crippen LogP contribution in [0.2, 0.25) is 0 Å². The smallest absolute Gasteiger partial charge is 0.222 e. The Labute approximate surface area is 104 Å². The third kappa shape index (κ3) is 5.04. The van der Waals surface area contributed by atoms with Gasteiger partial charge in [0.25, 0.3) is 0 Å². The number of nitrogens with one attached hydrogen (secondary N) is 1. The Morgan fingerprint density at radius 3 is 2.76 bits per heavy atom. The van der Waals surface area contributed by atoms with Crippen molar-refractivity contribution in [3.63, 3.8) is 0 Å². The molecule has 0 aromatic carbocycles. The minimum absolute atomic E-state index is 0.0704. The molecule has 1 saturated carbocycles. The van der Waals surface area contributed by atoms with Crippen LogP contribution >= 0.6 is 0 Å². The standard InChI is InChI=1S/C13H26N2O2/c1-10-6-4-3-5-7-12(10)15-13(16)8-11(9-14)17-2/h10-12H,3-9,14H2,1-2H3,(H,15,16). The third-order valence-corrected chi connectivity index (χ3v) is 3.72. The van der Waals surface area contributed by atoms with E-state index in [1.54, 1.807) is 7.11 Å². The molecule has 0 aromatic rings. The molecule has 17 heavy (non-hydrogen) atoms. The second-order valence-electron chi connectivity index (χ2n) is 5.09. The molecule has 4 nitrogen and oxygen atoms in total. The third-order valence-electron chi connectivity index (χ3n) is 3.72. The van der Waals surface area contributed by atoms with Gasteiger partial charge in [0.05, 0.1) is 12.5 Å². The summed E-state index contributed by atoms with van der Waals surface area (Å²) >= 11 is 0. The van der Waals surface area contributed by atoms with Gasteiger partial charge in [0, 0.05) is 19.7 Å². The zero-order valence-electron chi connectivity index (χ0n) is 11.1. The molecule has 0 heterocycles. The van der Waals surface area contributed by atoms with Crippen molar-refractivity contribution in [3.05, 3.63) is 0 Å². The lowest BCUT2D eigenvalue weighted by Crippen LogP contribution is -2.41. The Kier molecular flexibility index (Phi) is 6.52. The normalized spacial score (nSPS) is 27.2. The molecule has 1 rings (SSSR count). The van der Waals surface area contributed by atoms with Gasteiger partial charge in [-0.1, -0.05) is 26.2 Å². The van der Waals surface area contributed by atoms with Gasteiger partial charge >= 0.3 is 0 Å². The first kappa shape index (κ1) is 14.5. The van der Waals surface area contributed by atoms with Gasteiger partial charge in [-0.05, 0) is 18.8 Å². The molecule has 0 spiro atoms. The van der Waals surface area contributed by atoms with E-state index < -0.39 is 0 Å². The molecule has 3 unspecified atom stereocenters. The number of hydrogen-bond donors (Lipinski definition) is 2. The first-order valence-electron chi connectivity index (χ1n) is 6.69. The zero-order chi connectivity index (χ0) is 12.7. The fraction of sp³-hybridized carbons (Fsp3) is 0.923. The van der Waals surface area contributed by atoms with Gasteiger partial charge in [-0.3, -0.25) is 4.79 Å². The van der Waals surface area contributed by atoms with Crippen LogP contribution in [-0.4, -0.2) is 31.7 Å². The predicted octanol–water partition coefficient (Wildman–Crippen LogP) is 1.44. The van der Waals surface area contributed by atoms with Crippen molar-refractivity contribution in [1.82, 2.24) is 5.32 Å². The number of nitrogens with two attached hydrogens (primary N) is 1. The first-order valence-corrected chi connectivity index (χ1v) is 6.69. The molecule has 0 aliphatic heterocycles. The van der Waals surface area contributed by atoms with E-state index in [1.165, 1.54) is 25.7 Å². The van der Waals surface area contributed by atoms with Crippen LogP contribution in [0, 0.1) is 5.92 Å². The SMILES string of the molecule is COC(CN)CC(=O)NC1CCCCCC1C. The predicted molar refractivity (Wildman–Crippen MR) is 68.6 cm³/mol.